The molecule has 1 unspecified atom stereocenters. The van der Waals surface area contributed by atoms with Crippen molar-refractivity contribution in [2.24, 2.45) is 0 Å². The van der Waals surface area contributed by atoms with E-state index in [1.165, 1.54) is 46.6 Å². The van der Waals surface area contributed by atoms with Crippen LogP contribution in [0.2, 0.25) is 0 Å². The minimum absolute atomic E-state index is 0.210. The summed E-state index contributed by atoms with van der Waals surface area (Å²) in [5, 5.41) is 8.89. The number of thiophene rings is 1. The molecule has 2 aromatic carbocycles. The van der Waals surface area contributed by atoms with Crippen LogP contribution in [0.1, 0.15) is 24.4 Å². The summed E-state index contributed by atoms with van der Waals surface area (Å²) in [4.78, 5) is 19.8. The molecule has 0 fully saturated rings. The lowest BCUT2D eigenvalue weighted by Crippen LogP contribution is -2.46. The van der Waals surface area contributed by atoms with Gasteiger partial charge < -0.3 is 9.84 Å². The zero-order chi connectivity index (χ0) is 22.2. The first-order chi connectivity index (χ1) is 15.5. The Hall–Kier alpha value is -3.85. The quantitative estimate of drug-likeness (QED) is 0.428. The van der Waals surface area contributed by atoms with Crippen molar-refractivity contribution in [2.75, 3.05) is 4.90 Å². The van der Waals surface area contributed by atoms with Crippen LogP contribution in [0, 0.1) is 11.6 Å². The van der Waals surface area contributed by atoms with E-state index in [0.29, 0.717) is 28.3 Å². The van der Waals surface area contributed by atoms with E-state index in [1.807, 2.05) is 17.5 Å². The summed E-state index contributed by atoms with van der Waals surface area (Å²) in [6.45, 7) is 1.73. The predicted octanol–water partition coefficient (Wildman–Crippen LogP) is 5.78. The lowest BCUT2D eigenvalue weighted by Gasteiger charge is -2.35. The Morgan fingerprint density at radius 1 is 1.06 bits per heavy atom. The Labute approximate surface area is 185 Å². The van der Waals surface area contributed by atoms with Crippen LogP contribution in [-0.2, 0) is 0 Å². The summed E-state index contributed by atoms with van der Waals surface area (Å²) >= 11 is 1.47. The number of hydrogen-bond donors (Lipinski definition) is 1. The Kier molecular flexibility index (Phi) is 5.02. The highest BCUT2D eigenvalue weighted by Gasteiger charge is 2.36. The van der Waals surface area contributed by atoms with Gasteiger partial charge in [0.1, 0.15) is 11.6 Å². The van der Waals surface area contributed by atoms with Crippen molar-refractivity contribution in [3.8, 4) is 10.7 Å². The fourth-order valence-electron chi connectivity index (χ4n) is 3.69. The van der Waals surface area contributed by atoms with E-state index < -0.39 is 23.7 Å². The van der Waals surface area contributed by atoms with Crippen molar-refractivity contribution in [1.82, 2.24) is 15.5 Å². The number of urea groups is 1. The highest BCUT2D eigenvalue weighted by Crippen LogP contribution is 2.39. The molecule has 4 aromatic rings. The van der Waals surface area contributed by atoms with E-state index in [9.17, 15) is 13.6 Å². The molecule has 0 spiro atoms. The van der Waals surface area contributed by atoms with E-state index in [4.69, 9.17) is 4.52 Å². The average Bonchev–Trinajstić information content (AvgIpc) is 3.46. The highest BCUT2D eigenvalue weighted by atomic mass is 32.1. The largest absolute Gasteiger partial charge is 0.334 e. The van der Waals surface area contributed by atoms with Crippen molar-refractivity contribution in [1.29, 1.82) is 0 Å². The lowest BCUT2D eigenvalue weighted by molar-refractivity contribution is 0.244. The minimum atomic E-state index is -0.662. The number of carbonyl (C=O) groups excluding carboxylic acids is 1. The van der Waals surface area contributed by atoms with Gasteiger partial charge in [0.25, 0.3) is 5.89 Å². The van der Waals surface area contributed by atoms with Gasteiger partial charge in [0.15, 0.2) is 0 Å². The monoisotopic (exact) mass is 450 g/mol. The maximum absolute atomic E-state index is 13.9. The molecule has 32 heavy (non-hydrogen) atoms. The van der Waals surface area contributed by atoms with Gasteiger partial charge in [-0.15, -0.1) is 11.3 Å². The normalized spacial score (nSPS) is 16.4. The van der Waals surface area contributed by atoms with Gasteiger partial charge in [-0.25, -0.2) is 13.6 Å². The number of halogens is 2. The molecular weight excluding hydrogens is 434 g/mol. The van der Waals surface area contributed by atoms with Gasteiger partial charge in [-0.05, 0) is 54.3 Å². The zero-order valence-corrected chi connectivity index (χ0v) is 17.6. The summed E-state index contributed by atoms with van der Waals surface area (Å²) in [7, 11) is 0. The molecule has 0 saturated heterocycles. The molecule has 3 heterocycles. The molecule has 2 aromatic heterocycles. The fourth-order valence-corrected chi connectivity index (χ4v) is 4.34. The first-order valence-corrected chi connectivity index (χ1v) is 10.6. The molecule has 1 aliphatic heterocycles. The summed E-state index contributed by atoms with van der Waals surface area (Å²) in [5.74, 6) is -0.232. The number of aromatic nitrogens is 2. The molecule has 160 valence electrons. The number of nitrogens with zero attached hydrogens (tertiary/aromatic N) is 3. The number of nitrogens with one attached hydrogen (secondary N) is 1. The summed E-state index contributed by atoms with van der Waals surface area (Å²) in [5.41, 5.74) is 2.03. The fraction of sp³-hybridized carbons (Fsp3) is 0.0870. The number of amides is 2. The Balaban J connectivity index is 1.67. The molecule has 0 saturated carbocycles. The standard InChI is InChI=1S/C23H16F2N4O2S/c1-13-19(22-27-21(28-31-22)18-6-3-11-32-18)20(14-7-9-15(24)10-8-14)26-23(30)29(13)17-5-2-4-16(25)12-17/h2-12,20H,1H3,(H,26,30). The second-order valence-corrected chi connectivity index (χ2v) is 8.10. The van der Waals surface area contributed by atoms with Gasteiger partial charge >= 0.3 is 6.03 Å². The highest BCUT2D eigenvalue weighted by molar-refractivity contribution is 7.13. The number of allylic oxidation sites excluding steroid dienone is 1. The van der Waals surface area contributed by atoms with E-state index in [0.717, 1.165) is 4.88 Å². The number of anilines is 1. The minimum Gasteiger partial charge on any atom is -0.334 e. The van der Waals surface area contributed by atoms with Crippen LogP contribution in [0.15, 0.2) is 76.3 Å². The third-order valence-electron chi connectivity index (χ3n) is 5.15. The summed E-state index contributed by atoms with van der Waals surface area (Å²) in [6.07, 6.45) is 0. The zero-order valence-electron chi connectivity index (χ0n) is 16.8. The Morgan fingerprint density at radius 3 is 2.59 bits per heavy atom. The summed E-state index contributed by atoms with van der Waals surface area (Å²) < 4.78 is 33.0. The van der Waals surface area contributed by atoms with E-state index in [1.54, 1.807) is 25.1 Å². The van der Waals surface area contributed by atoms with Crippen LogP contribution in [0.4, 0.5) is 19.3 Å². The Bertz CT molecular complexity index is 1320. The van der Waals surface area contributed by atoms with E-state index in [2.05, 4.69) is 15.5 Å². The van der Waals surface area contributed by atoms with Gasteiger partial charge in [-0.2, -0.15) is 4.98 Å². The maximum Gasteiger partial charge on any atom is 0.327 e. The van der Waals surface area contributed by atoms with Crippen LogP contribution in [-0.4, -0.2) is 16.2 Å². The molecule has 6 nitrogen and oxygen atoms in total. The number of hydrogen-bond acceptors (Lipinski definition) is 5. The molecule has 0 bridgehead atoms. The van der Waals surface area contributed by atoms with Gasteiger partial charge in [-0.3, -0.25) is 4.90 Å². The predicted molar refractivity (Wildman–Crippen MR) is 117 cm³/mol. The van der Waals surface area contributed by atoms with Crippen molar-refractivity contribution < 1.29 is 18.1 Å². The third-order valence-corrected chi connectivity index (χ3v) is 6.02. The molecule has 1 aliphatic rings. The second-order valence-electron chi connectivity index (χ2n) is 7.15. The van der Waals surface area contributed by atoms with Crippen LogP contribution in [0.25, 0.3) is 16.3 Å². The molecule has 5 rings (SSSR count). The maximum atomic E-state index is 13.9. The second kappa shape index (κ2) is 8.01. The van der Waals surface area contributed by atoms with Crippen molar-refractivity contribution >= 4 is 28.6 Å². The molecule has 0 radical (unpaired) electrons. The van der Waals surface area contributed by atoms with Gasteiger partial charge in [-0.1, -0.05) is 29.4 Å². The van der Waals surface area contributed by atoms with Crippen LogP contribution in [0.3, 0.4) is 0 Å². The first-order valence-electron chi connectivity index (χ1n) is 9.71. The number of carbonyl (C=O) groups is 1. The smallest absolute Gasteiger partial charge is 0.327 e. The SMILES string of the molecule is CC1=C(c2nc(-c3cccs3)no2)C(c2ccc(F)cc2)NC(=O)N1c1cccc(F)c1. The number of benzene rings is 2. The Morgan fingerprint density at radius 2 is 1.88 bits per heavy atom. The van der Waals surface area contributed by atoms with Crippen molar-refractivity contribution in [3.05, 3.63) is 94.8 Å². The van der Waals surface area contributed by atoms with E-state index in [-0.39, 0.29) is 5.89 Å². The summed E-state index contributed by atoms with van der Waals surface area (Å²) in [6, 6.07) is 14.2. The van der Waals surface area contributed by atoms with Gasteiger partial charge in [0.05, 0.1) is 22.2 Å². The van der Waals surface area contributed by atoms with Crippen LogP contribution in [0.5, 0.6) is 0 Å². The van der Waals surface area contributed by atoms with E-state index >= 15 is 0 Å². The van der Waals surface area contributed by atoms with Crippen molar-refractivity contribution in [2.45, 2.75) is 13.0 Å². The third kappa shape index (κ3) is 3.56. The lowest BCUT2D eigenvalue weighted by atomic mass is 9.94. The van der Waals surface area contributed by atoms with Gasteiger partial charge in [0, 0.05) is 5.70 Å². The first kappa shape index (κ1) is 20.1. The molecule has 1 N–H and O–H groups in total. The van der Waals surface area contributed by atoms with Crippen molar-refractivity contribution in [3.63, 3.8) is 0 Å². The average molecular weight is 450 g/mol. The molecule has 2 amide bonds. The van der Waals surface area contributed by atoms with Gasteiger partial charge in [0.2, 0.25) is 5.82 Å². The molecular formula is C23H16F2N4O2S. The van der Waals surface area contributed by atoms with Crippen LogP contribution >= 0.6 is 11.3 Å². The topological polar surface area (TPSA) is 71.3 Å². The molecule has 9 heteroatoms. The molecule has 0 aliphatic carbocycles. The van der Waals surface area contributed by atoms with Crippen LogP contribution < -0.4 is 10.2 Å². The molecule has 1 atom stereocenters. The number of rotatable bonds is 4.